The lowest BCUT2D eigenvalue weighted by Crippen LogP contribution is -2.46. The third-order valence-electron chi connectivity index (χ3n) is 5.96. The molecule has 2 aliphatic rings. The fraction of sp³-hybridized carbons (Fsp3) is 0.360. The largest absolute Gasteiger partial charge is 0.444 e. The van der Waals surface area contributed by atoms with Gasteiger partial charge in [-0.2, -0.15) is 0 Å². The van der Waals surface area contributed by atoms with Gasteiger partial charge in [0.2, 0.25) is 6.10 Å². The molecule has 2 heterocycles. The van der Waals surface area contributed by atoms with Gasteiger partial charge in [-0.25, -0.2) is 9.59 Å². The van der Waals surface area contributed by atoms with Crippen molar-refractivity contribution in [2.75, 3.05) is 18.8 Å². The maximum Gasteiger partial charge on any atom is 0.340 e. The van der Waals surface area contributed by atoms with Crippen molar-refractivity contribution >= 4 is 35.6 Å². The van der Waals surface area contributed by atoms with Crippen LogP contribution in [0, 0.1) is 0 Å². The zero-order chi connectivity index (χ0) is 24.1. The summed E-state index contributed by atoms with van der Waals surface area (Å²) in [5.74, 6) is -1.03. The Morgan fingerprint density at radius 1 is 1.03 bits per heavy atom. The van der Waals surface area contributed by atoms with Crippen LogP contribution in [0.5, 0.6) is 0 Å². The minimum Gasteiger partial charge on any atom is -0.444 e. The molecule has 34 heavy (non-hydrogen) atoms. The molecule has 2 fully saturated rings. The molecule has 0 saturated carbocycles. The van der Waals surface area contributed by atoms with Gasteiger partial charge in [-0.15, -0.1) is 11.8 Å². The SMILES string of the molecule is C[C@@]1(CSc2ccccc2C(=O)O[C@@H](C(=O)N2CCCCC2)c2ccccc2)NC(=O)NC1=O. The van der Waals surface area contributed by atoms with E-state index < -0.39 is 29.6 Å². The van der Waals surface area contributed by atoms with E-state index in [0.717, 1.165) is 19.3 Å². The highest BCUT2D eigenvalue weighted by Crippen LogP contribution is 2.30. The molecule has 4 amide bonds. The Morgan fingerprint density at radius 2 is 1.71 bits per heavy atom. The summed E-state index contributed by atoms with van der Waals surface area (Å²) in [5, 5.41) is 4.85. The van der Waals surface area contributed by atoms with Crippen LogP contribution in [0.1, 0.15) is 48.2 Å². The first-order valence-electron chi connectivity index (χ1n) is 11.3. The van der Waals surface area contributed by atoms with Crippen molar-refractivity contribution in [1.82, 2.24) is 15.5 Å². The number of hydrogen-bond donors (Lipinski definition) is 2. The first-order valence-corrected chi connectivity index (χ1v) is 12.3. The van der Waals surface area contributed by atoms with E-state index in [4.69, 9.17) is 4.74 Å². The fourth-order valence-corrected chi connectivity index (χ4v) is 5.13. The summed E-state index contributed by atoms with van der Waals surface area (Å²) in [6.45, 7) is 2.93. The van der Waals surface area contributed by atoms with Gasteiger partial charge in [0.15, 0.2) is 0 Å². The highest BCUT2D eigenvalue weighted by molar-refractivity contribution is 7.99. The summed E-state index contributed by atoms with van der Waals surface area (Å²) in [7, 11) is 0. The third-order valence-corrected chi connectivity index (χ3v) is 7.35. The number of ether oxygens (including phenoxy) is 1. The molecule has 0 aromatic heterocycles. The van der Waals surface area contributed by atoms with E-state index >= 15 is 0 Å². The molecule has 2 aliphatic heterocycles. The molecule has 2 atom stereocenters. The van der Waals surface area contributed by atoms with Gasteiger partial charge in [0.25, 0.3) is 11.8 Å². The van der Waals surface area contributed by atoms with Gasteiger partial charge in [0, 0.05) is 29.3 Å². The number of likely N-dealkylation sites (tertiary alicyclic amines) is 1. The Labute approximate surface area is 202 Å². The van der Waals surface area contributed by atoms with Crippen molar-refractivity contribution in [3.05, 3.63) is 65.7 Å². The van der Waals surface area contributed by atoms with E-state index in [1.165, 1.54) is 11.8 Å². The molecule has 178 valence electrons. The van der Waals surface area contributed by atoms with E-state index in [1.54, 1.807) is 48.2 Å². The number of carbonyl (C=O) groups is 4. The molecular formula is C25H27N3O5S. The number of carbonyl (C=O) groups excluding carboxylic acids is 4. The molecule has 8 nitrogen and oxygen atoms in total. The third kappa shape index (κ3) is 5.25. The molecule has 0 aliphatic carbocycles. The fourth-order valence-electron chi connectivity index (χ4n) is 4.00. The van der Waals surface area contributed by atoms with Gasteiger partial charge in [0.05, 0.1) is 5.56 Å². The number of imide groups is 1. The van der Waals surface area contributed by atoms with Crippen molar-refractivity contribution in [1.29, 1.82) is 0 Å². The predicted octanol–water partition coefficient (Wildman–Crippen LogP) is 3.29. The molecule has 2 aromatic rings. The lowest BCUT2D eigenvalue weighted by Gasteiger charge is -2.30. The smallest absolute Gasteiger partial charge is 0.340 e. The molecule has 0 bridgehead atoms. The number of thioether (sulfide) groups is 1. The van der Waals surface area contributed by atoms with E-state index in [2.05, 4.69) is 10.6 Å². The zero-order valence-corrected chi connectivity index (χ0v) is 19.7. The Hall–Kier alpha value is -3.33. The van der Waals surface area contributed by atoms with Gasteiger partial charge in [-0.3, -0.25) is 14.9 Å². The Kier molecular flexibility index (Phi) is 7.21. The topological polar surface area (TPSA) is 105 Å². The molecule has 0 radical (unpaired) electrons. The van der Waals surface area contributed by atoms with Gasteiger partial charge < -0.3 is 15.0 Å². The lowest BCUT2D eigenvalue weighted by atomic mass is 10.1. The number of rotatable bonds is 7. The van der Waals surface area contributed by atoms with Crippen LogP contribution in [0.2, 0.25) is 0 Å². The van der Waals surface area contributed by atoms with E-state index in [1.807, 2.05) is 18.2 Å². The Bertz CT molecular complexity index is 1090. The Morgan fingerprint density at radius 3 is 2.38 bits per heavy atom. The first-order chi connectivity index (χ1) is 16.4. The number of urea groups is 1. The van der Waals surface area contributed by atoms with Crippen LogP contribution >= 0.6 is 11.8 Å². The highest BCUT2D eigenvalue weighted by atomic mass is 32.2. The van der Waals surface area contributed by atoms with Crippen LogP contribution in [-0.4, -0.2) is 53.1 Å². The molecule has 2 saturated heterocycles. The van der Waals surface area contributed by atoms with Crippen molar-refractivity contribution < 1.29 is 23.9 Å². The average Bonchev–Trinajstić information content (AvgIpc) is 3.13. The molecule has 2 aromatic carbocycles. The highest BCUT2D eigenvalue weighted by Gasteiger charge is 2.42. The number of benzene rings is 2. The minimum atomic E-state index is -1.09. The van der Waals surface area contributed by atoms with Crippen LogP contribution in [-0.2, 0) is 14.3 Å². The average molecular weight is 482 g/mol. The van der Waals surface area contributed by atoms with Crippen molar-refractivity contribution in [2.45, 2.75) is 42.7 Å². The second-order valence-corrected chi connectivity index (χ2v) is 9.62. The van der Waals surface area contributed by atoms with Crippen LogP contribution < -0.4 is 10.6 Å². The molecule has 2 N–H and O–H groups in total. The number of piperidine rings is 1. The number of nitrogens with one attached hydrogen (secondary N) is 2. The van der Waals surface area contributed by atoms with Crippen molar-refractivity contribution in [2.24, 2.45) is 0 Å². The maximum absolute atomic E-state index is 13.3. The summed E-state index contributed by atoms with van der Waals surface area (Å²) < 4.78 is 5.82. The van der Waals surface area contributed by atoms with Gasteiger partial charge in [0.1, 0.15) is 5.54 Å². The van der Waals surface area contributed by atoms with Gasteiger partial charge >= 0.3 is 12.0 Å². The van der Waals surface area contributed by atoms with Crippen LogP contribution in [0.25, 0.3) is 0 Å². The van der Waals surface area contributed by atoms with Crippen LogP contribution in [0.3, 0.4) is 0 Å². The quantitative estimate of drug-likeness (QED) is 0.357. The van der Waals surface area contributed by atoms with E-state index in [0.29, 0.717) is 29.1 Å². The number of hydrogen-bond acceptors (Lipinski definition) is 6. The second-order valence-electron chi connectivity index (χ2n) is 8.61. The Balaban J connectivity index is 1.53. The van der Waals surface area contributed by atoms with E-state index in [9.17, 15) is 19.2 Å². The second kappa shape index (κ2) is 10.3. The maximum atomic E-state index is 13.3. The molecule has 0 unspecified atom stereocenters. The minimum absolute atomic E-state index is 0.220. The number of esters is 1. The number of nitrogens with zero attached hydrogens (tertiary/aromatic N) is 1. The van der Waals surface area contributed by atoms with Crippen molar-refractivity contribution in [3.8, 4) is 0 Å². The summed E-state index contributed by atoms with van der Waals surface area (Å²) in [6, 6.07) is 15.4. The van der Waals surface area contributed by atoms with Crippen LogP contribution in [0.4, 0.5) is 4.79 Å². The molecule has 4 rings (SSSR count). The molecular weight excluding hydrogens is 454 g/mol. The number of amides is 4. The zero-order valence-electron chi connectivity index (χ0n) is 18.9. The van der Waals surface area contributed by atoms with Crippen LogP contribution in [0.15, 0.2) is 59.5 Å². The van der Waals surface area contributed by atoms with E-state index in [-0.39, 0.29) is 11.7 Å². The van der Waals surface area contributed by atoms with Gasteiger partial charge in [-0.1, -0.05) is 42.5 Å². The first kappa shape index (κ1) is 23.8. The summed E-state index contributed by atoms with van der Waals surface area (Å²) in [4.78, 5) is 52.6. The standard InChI is InChI=1S/C25H27N3O5S/c1-25(23(31)26-24(32)27-25)16-34-19-13-7-6-12-18(19)22(30)33-20(17-10-4-2-5-11-17)21(29)28-14-8-3-9-15-28/h2,4-7,10-13,20H,3,8-9,14-16H2,1H3,(H2,26,27,31,32)/t20-,25+/m1/s1. The lowest BCUT2D eigenvalue weighted by molar-refractivity contribution is -0.142. The molecule has 0 spiro atoms. The normalized spacial score (nSPS) is 20.9. The monoisotopic (exact) mass is 481 g/mol. The van der Waals surface area contributed by atoms with Gasteiger partial charge in [-0.05, 0) is 38.3 Å². The molecule has 9 heteroatoms. The summed E-state index contributed by atoms with van der Waals surface area (Å²) in [5.41, 5.74) is -0.169. The van der Waals surface area contributed by atoms with Crippen molar-refractivity contribution in [3.63, 3.8) is 0 Å². The summed E-state index contributed by atoms with van der Waals surface area (Å²) >= 11 is 1.26. The summed E-state index contributed by atoms with van der Waals surface area (Å²) in [6.07, 6.45) is 1.91. The predicted molar refractivity (Wildman–Crippen MR) is 127 cm³/mol.